The number of β-amino-alcohol motifs (C(OH)–C–C–N with tert-alkyl or cyclic N) is 1. The lowest BCUT2D eigenvalue weighted by molar-refractivity contribution is 0.174. The van der Waals surface area contributed by atoms with Crippen LogP contribution in [0.1, 0.15) is 11.1 Å². The number of aliphatic hydroxyl groups is 1. The minimum Gasteiger partial charge on any atom is -0.454 e. The highest BCUT2D eigenvalue weighted by Crippen LogP contribution is 2.36. The summed E-state index contributed by atoms with van der Waals surface area (Å²) in [7, 11) is 0. The Morgan fingerprint density at radius 1 is 1.19 bits per heavy atom. The van der Waals surface area contributed by atoms with Crippen molar-refractivity contribution in [2.75, 3.05) is 26.5 Å². The molecule has 0 aromatic heterocycles. The Bertz CT molecular complexity index is 405. The summed E-state index contributed by atoms with van der Waals surface area (Å²) in [4.78, 5) is 2.25. The molecule has 1 aromatic carbocycles. The van der Waals surface area contributed by atoms with Crippen LogP contribution in [0.4, 0.5) is 0 Å². The van der Waals surface area contributed by atoms with Crippen LogP contribution in [0, 0.1) is 0 Å². The van der Waals surface area contributed by atoms with Gasteiger partial charge < -0.3 is 14.6 Å². The molecule has 2 heterocycles. The minimum absolute atomic E-state index is 0.222. The standard InChI is InChI=1S/C12H15NO3/c14-4-3-13-2-1-9-5-11-12(16-8-15-11)6-10(9)7-13/h5-6,14H,1-4,7-8H2. The van der Waals surface area contributed by atoms with Crippen molar-refractivity contribution >= 4 is 0 Å². The van der Waals surface area contributed by atoms with E-state index in [1.807, 2.05) is 0 Å². The molecule has 4 heteroatoms. The van der Waals surface area contributed by atoms with Crippen LogP contribution in [0.15, 0.2) is 12.1 Å². The molecule has 0 radical (unpaired) electrons. The van der Waals surface area contributed by atoms with Gasteiger partial charge in [0.2, 0.25) is 6.79 Å². The number of hydrogen-bond donors (Lipinski definition) is 1. The average molecular weight is 221 g/mol. The SMILES string of the molecule is OCCN1CCc2cc3c(cc2C1)OCO3. The zero-order chi connectivity index (χ0) is 11.0. The minimum atomic E-state index is 0.222. The predicted molar refractivity (Wildman–Crippen MR) is 58.6 cm³/mol. The highest BCUT2D eigenvalue weighted by atomic mass is 16.7. The molecule has 1 N–H and O–H groups in total. The largest absolute Gasteiger partial charge is 0.454 e. The van der Waals surface area contributed by atoms with E-state index in [0.717, 1.165) is 37.6 Å². The molecule has 0 aliphatic carbocycles. The maximum Gasteiger partial charge on any atom is 0.231 e. The van der Waals surface area contributed by atoms with Gasteiger partial charge in [-0.3, -0.25) is 4.90 Å². The first-order chi connectivity index (χ1) is 7.86. The summed E-state index contributed by atoms with van der Waals surface area (Å²) in [5.74, 6) is 1.72. The van der Waals surface area contributed by atoms with E-state index in [0.29, 0.717) is 6.79 Å². The van der Waals surface area contributed by atoms with Gasteiger partial charge in [-0.05, 0) is 29.7 Å². The second-order valence-electron chi connectivity index (χ2n) is 4.22. The fourth-order valence-electron chi connectivity index (χ4n) is 2.34. The van der Waals surface area contributed by atoms with Crippen molar-refractivity contribution < 1.29 is 14.6 Å². The molecule has 0 fully saturated rings. The molecule has 0 spiro atoms. The summed E-state index contributed by atoms with van der Waals surface area (Å²) in [6.45, 7) is 3.20. The van der Waals surface area contributed by atoms with E-state index < -0.39 is 0 Å². The zero-order valence-corrected chi connectivity index (χ0v) is 9.11. The van der Waals surface area contributed by atoms with Crippen LogP contribution in [0.3, 0.4) is 0 Å². The summed E-state index contributed by atoms with van der Waals surface area (Å²) in [6.07, 6.45) is 1.02. The van der Waals surface area contributed by atoms with E-state index in [1.165, 1.54) is 11.1 Å². The first-order valence-corrected chi connectivity index (χ1v) is 5.61. The third-order valence-corrected chi connectivity index (χ3v) is 3.20. The molecule has 0 atom stereocenters. The Morgan fingerprint density at radius 3 is 2.69 bits per heavy atom. The first kappa shape index (κ1) is 9.93. The van der Waals surface area contributed by atoms with E-state index in [1.54, 1.807) is 0 Å². The molecular formula is C12H15NO3. The Kier molecular flexibility index (Phi) is 2.46. The lowest BCUT2D eigenvalue weighted by atomic mass is 9.99. The van der Waals surface area contributed by atoms with E-state index in [-0.39, 0.29) is 6.61 Å². The van der Waals surface area contributed by atoms with Gasteiger partial charge in [-0.2, -0.15) is 0 Å². The van der Waals surface area contributed by atoms with Gasteiger partial charge in [0.25, 0.3) is 0 Å². The second kappa shape index (κ2) is 3.96. The van der Waals surface area contributed by atoms with Crippen molar-refractivity contribution in [2.45, 2.75) is 13.0 Å². The quantitative estimate of drug-likeness (QED) is 0.800. The molecule has 0 unspecified atom stereocenters. The summed E-state index contributed by atoms with van der Waals surface area (Å²) in [6, 6.07) is 4.16. The van der Waals surface area contributed by atoms with Crippen LogP contribution in [0.5, 0.6) is 11.5 Å². The van der Waals surface area contributed by atoms with Gasteiger partial charge in [0, 0.05) is 19.6 Å². The van der Waals surface area contributed by atoms with Gasteiger partial charge in [-0.15, -0.1) is 0 Å². The van der Waals surface area contributed by atoms with Crippen LogP contribution in [0.2, 0.25) is 0 Å². The Hall–Kier alpha value is -1.26. The number of aliphatic hydroxyl groups excluding tert-OH is 1. The van der Waals surface area contributed by atoms with Gasteiger partial charge in [-0.1, -0.05) is 0 Å². The average Bonchev–Trinajstić information content (AvgIpc) is 2.73. The topological polar surface area (TPSA) is 41.9 Å². The number of fused-ring (bicyclic) bond motifs is 2. The molecule has 0 saturated heterocycles. The molecule has 0 saturated carbocycles. The number of hydrogen-bond acceptors (Lipinski definition) is 4. The highest BCUT2D eigenvalue weighted by Gasteiger charge is 2.21. The molecule has 0 bridgehead atoms. The fourth-order valence-corrected chi connectivity index (χ4v) is 2.34. The van der Waals surface area contributed by atoms with E-state index in [9.17, 15) is 0 Å². The van der Waals surface area contributed by atoms with Crippen LogP contribution in [-0.2, 0) is 13.0 Å². The van der Waals surface area contributed by atoms with Gasteiger partial charge in [-0.25, -0.2) is 0 Å². The Balaban J connectivity index is 1.87. The second-order valence-corrected chi connectivity index (χ2v) is 4.22. The number of rotatable bonds is 2. The maximum absolute atomic E-state index is 8.94. The summed E-state index contributed by atoms with van der Waals surface area (Å²) in [5.41, 5.74) is 2.64. The van der Waals surface area contributed by atoms with Crippen molar-refractivity contribution in [3.63, 3.8) is 0 Å². The lowest BCUT2D eigenvalue weighted by Crippen LogP contribution is -2.32. The molecule has 0 amide bonds. The van der Waals surface area contributed by atoms with Crippen molar-refractivity contribution in [1.29, 1.82) is 0 Å². The summed E-state index contributed by atoms with van der Waals surface area (Å²) < 4.78 is 10.7. The van der Waals surface area contributed by atoms with Crippen molar-refractivity contribution in [1.82, 2.24) is 4.90 Å². The number of benzene rings is 1. The monoisotopic (exact) mass is 221 g/mol. The third-order valence-electron chi connectivity index (χ3n) is 3.20. The molecule has 2 aliphatic rings. The highest BCUT2D eigenvalue weighted by molar-refractivity contribution is 5.49. The zero-order valence-electron chi connectivity index (χ0n) is 9.11. The smallest absolute Gasteiger partial charge is 0.231 e. The lowest BCUT2D eigenvalue weighted by Gasteiger charge is -2.28. The van der Waals surface area contributed by atoms with Gasteiger partial charge in [0.15, 0.2) is 11.5 Å². The van der Waals surface area contributed by atoms with Crippen molar-refractivity contribution in [3.8, 4) is 11.5 Å². The van der Waals surface area contributed by atoms with Crippen LogP contribution >= 0.6 is 0 Å². The Labute approximate surface area is 94.4 Å². The van der Waals surface area contributed by atoms with Gasteiger partial charge >= 0.3 is 0 Å². The first-order valence-electron chi connectivity index (χ1n) is 5.61. The molecule has 2 aliphatic heterocycles. The van der Waals surface area contributed by atoms with Crippen LogP contribution < -0.4 is 9.47 Å². The Morgan fingerprint density at radius 2 is 1.94 bits per heavy atom. The molecule has 86 valence electrons. The van der Waals surface area contributed by atoms with E-state index in [2.05, 4.69) is 17.0 Å². The normalized spacial score (nSPS) is 18.6. The van der Waals surface area contributed by atoms with Crippen LogP contribution in [0.25, 0.3) is 0 Å². The van der Waals surface area contributed by atoms with E-state index in [4.69, 9.17) is 14.6 Å². The van der Waals surface area contributed by atoms with Crippen molar-refractivity contribution in [3.05, 3.63) is 23.3 Å². The molecular weight excluding hydrogens is 206 g/mol. The van der Waals surface area contributed by atoms with Gasteiger partial charge in [0.05, 0.1) is 6.61 Å². The molecule has 4 nitrogen and oxygen atoms in total. The number of ether oxygens (including phenoxy) is 2. The van der Waals surface area contributed by atoms with Crippen LogP contribution in [-0.4, -0.2) is 36.5 Å². The predicted octanol–water partition coefficient (Wildman–Crippen LogP) is 0.766. The van der Waals surface area contributed by atoms with Gasteiger partial charge in [0.1, 0.15) is 0 Å². The molecule has 3 rings (SSSR count). The summed E-state index contributed by atoms with van der Waals surface area (Å²) >= 11 is 0. The third kappa shape index (κ3) is 1.64. The van der Waals surface area contributed by atoms with E-state index >= 15 is 0 Å². The summed E-state index contributed by atoms with van der Waals surface area (Å²) in [5, 5.41) is 8.94. The number of nitrogens with zero attached hydrogens (tertiary/aromatic N) is 1. The fraction of sp³-hybridized carbons (Fsp3) is 0.500. The maximum atomic E-state index is 8.94. The molecule has 16 heavy (non-hydrogen) atoms. The molecule has 1 aromatic rings. The van der Waals surface area contributed by atoms with Crippen molar-refractivity contribution in [2.24, 2.45) is 0 Å².